The van der Waals surface area contributed by atoms with Crippen LogP contribution in [0.15, 0.2) is 0 Å². The van der Waals surface area contributed by atoms with Crippen LogP contribution in [-0.2, 0) is 9.53 Å². The topological polar surface area (TPSA) is 41.6 Å². The smallest absolute Gasteiger partial charge is 0.248 e. The Kier molecular flexibility index (Phi) is 9.52. The molecular formula is C11H24N2O2. The third-order valence-corrected chi connectivity index (χ3v) is 2.19. The normalized spacial score (nSPS) is 10.3. The predicted octanol–water partition coefficient (Wildman–Crippen LogP) is 0.871. The van der Waals surface area contributed by atoms with Crippen LogP contribution < -0.4 is 5.32 Å². The van der Waals surface area contributed by atoms with Gasteiger partial charge in [0.2, 0.25) is 5.91 Å². The molecule has 0 aliphatic heterocycles. The summed E-state index contributed by atoms with van der Waals surface area (Å²) in [5, 5.41) is 3.22. The van der Waals surface area contributed by atoms with E-state index >= 15 is 0 Å². The Morgan fingerprint density at radius 2 is 1.87 bits per heavy atom. The fourth-order valence-electron chi connectivity index (χ4n) is 1.27. The van der Waals surface area contributed by atoms with Gasteiger partial charge in [0.15, 0.2) is 0 Å². The summed E-state index contributed by atoms with van der Waals surface area (Å²) in [6, 6.07) is 0. The fraction of sp³-hybridized carbons (Fsp3) is 0.909. The van der Waals surface area contributed by atoms with Crippen LogP contribution in [0.5, 0.6) is 0 Å². The molecule has 15 heavy (non-hydrogen) atoms. The van der Waals surface area contributed by atoms with Crippen LogP contribution in [0.1, 0.15) is 27.2 Å². The molecular weight excluding hydrogens is 192 g/mol. The largest absolute Gasteiger partial charge is 0.370 e. The lowest BCUT2D eigenvalue weighted by Gasteiger charge is -2.18. The van der Waals surface area contributed by atoms with E-state index in [0.29, 0.717) is 6.61 Å². The Bertz CT molecular complexity index is 159. The minimum absolute atomic E-state index is 0.0792. The number of ether oxygens (including phenoxy) is 1. The van der Waals surface area contributed by atoms with E-state index in [1.165, 1.54) is 0 Å². The highest BCUT2D eigenvalue weighted by Crippen LogP contribution is 1.89. The first-order chi connectivity index (χ1) is 7.26. The molecule has 0 heterocycles. The van der Waals surface area contributed by atoms with E-state index in [4.69, 9.17) is 4.74 Å². The molecule has 0 rings (SSSR count). The number of hydrogen-bond donors (Lipinski definition) is 1. The molecule has 0 spiro atoms. The van der Waals surface area contributed by atoms with Gasteiger partial charge in [-0.15, -0.1) is 0 Å². The van der Waals surface area contributed by atoms with Crippen molar-refractivity contribution in [3.63, 3.8) is 0 Å². The number of hydrogen-bond acceptors (Lipinski definition) is 3. The molecule has 0 bridgehead atoms. The van der Waals surface area contributed by atoms with E-state index in [9.17, 15) is 4.79 Å². The zero-order valence-electron chi connectivity index (χ0n) is 10.2. The van der Waals surface area contributed by atoms with E-state index in [1.807, 2.05) is 13.8 Å². The van der Waals surface area contributed by atoms with Crippen LogP contribution in [0, 0.1) is 0 Å². The fourth-order valence-corrected chi connectivity index (χ4v) is 1.27. The van der Waals surface area contributed by atoms with Crippen molar-refractivity contribution in [3.8, 4) is 0 Å². The van der Waals surface area contributed by atoms with Crippen molar-refractivity contribution in [2.45, 2.75) is 27.2 Å². The summed E-state index contributed by atoms with van der Waals surface area (Å²) in [6.45, 7) is 10.2. The Labute approximate surface area is 93.0 Å². The van der Waals surface area contributed by atoms with E-state index in [2.05, 4.69) is 12.2 Å². The number of nitrogens with one attached hydrogen (secondary N) is 1. The molecule has 4 nitrogen and oxygen atoms in total. The monoisotopic (exact) mass is 216 g/mol. The molecule has 4 heteroatoms. The molecule has 0 atom stereocenters. The molecule has 0 aliphatic carbocycles. The Morgan fingerprint density at radius 3 is 2.40 bits per heavy atom. The molecule has 0 aromatic carbocycles. The van der Waals surface area contributed by atoms with Crippen molar-refractivity contribution in [1.29, 1.82) is 0 Å². The van der Waals surface area contributed by atoms with Gasteiger partial charge in [-0.05, 0) is 26.8 Å². The Morgan fingerprint density at radius 1 is 1.20 bits per heavy atom. The molecule has 0 fully saturated rings. The van der Waals surface area contributed by atoms with Crippen LogP contribution in [0.2, 0.25) is 0 Å². The highest BCUT2D eigenvalue weighted by molar-refractivity contribution is 5.77. The van der Waals surface area contributed by atoms with Gasteiger partial charge in [0.05, 0.1) is 6.61 Å². The zero-order valence-corrected chi connectivity index (χ0v) is 10.2. The molecule has 0 saturated carbocycles. The summed E-state index contributed by atoms with van der Waals surface area (Å²) >= 11 is 0. The quantitative estimate of drug-likeness (QED) is 0.582. The van der Waals surface area contributed by atoms with Crippen LogP contribution in [0.25, 0.3) is 0 Å². The summed E-state index contributed by atoms with van der Waals surface area (Å²) in [7, 11) is 0. The Balaban J connectivity index is 3.38. The SMILES string of the molecule is CCCNCCOCC(=O)N(CC)CC. The molecule has 0 radical (unpaired) electrons. The number of nitrogens with zero attached hydrogens (tertiary/aromatic N) is 1. The number of likely N-dealkylation sites (N-methyl/N-ethyl adjacent to an activating group) is 1. The maximum absolute atomic E-state index is 11.5. The minimum atomic E-state index is 0.0792. The number of rotatable bonds is 9. The molecule has 1 N–H and O–H groups in total. The lowest BCUT2D eigenvalue weighted by molar-refractivity contribution is -0.135. The maximum Gasteiger partial charge on any atom is 0.248 e. The van der Waals surface area contributed by atoms with Crippen molar-refractivity contribution < 1.29 is 9.53 Å². The standard InChI is InChI=1S/C11H24N2O2/c1-4-7-12-8-9-15-10-11(14)13(5-2)6-3/h12H,4-10H2,1-3H3. The van der Waals surface area contributed by atoms with Crippen molar-refractivity contribution in [2.24, 2.45) is 0 Å². The number of carbonyl (C=O) groups is 1. The summed E-state index contributed by atoms with van der Waals surface area (Å²) < 4.78 is 5.27. The second kappa shape index (κ2) is 9.93. The van der Waals surface area contributed by atoms with Crippen LogP contribution in [-0.4, -0.2) is 50.2 Å². The first-order valence-electron chi connectivity index (χ1n) is 5.82. The van der Waals surface area contributed by atoms with Crippen molar-refractivity contribution >= 4 is 5.91 Å². The lowest BCUT2D eigenvalue weighted by Crippen LogP contribution is -2.34. The van der Waals surface area contributed by atoms with Gasteiger partial charge in [0.25, 0.3) is 0 Å². The van der Waals surface area contributed by atoms with E-state index in [-0.39, 0.29) is 12.5 Å². The first kappa shape index (κ1) is 14.4. The van der Waals surface area contributed by atoms with Crippen molar-refractivity contribution in [2.75, 3.05) is 39.4 Å². The summed E-state index contributed by atoms with van der Waals surface area (Å²) in [4.78, 5) is 13.3. The van der Waals surface area contributed by atoms with Gasteiger partial charge in [-0.25, -0.2) is 0 Å². The summed E-state index contributed by atoms with van der Waals surface area (Å²) in [5.74, 6) is 0.0792. The van der Waals surface area contributed by atoms with Gasteiger partial charge in [-0.2, -0.15) is 0 Å². The van der Waals surface area contributed by atoms with E-state index < -0.39 is 0 Å². The zero-order chi connectivity index (χ0) is 11.5. The molecule has 90 valence electrons. The lowest BCUT2D eigenvalue weighted by atomic mass is 10.4. The molecule has 0 saturated heterocycles. The summed E-state index contributed by atoms with van der Waals surface area (Å²) in [5.41, 5.74) is 0. The molecule has 0 aromatic rings. The summed E-state index contributed by atoms with van der Waals surface area (Å²) in [6.07, 6.45) is 1.12. The third kappa shape index (κ3) is 7.33. The van der Waals surface area contributed by atoms with Gasteiger partial charge in [0.1, 0.15) is 6.61 Å². The minimum Gasteiger partial charge on any atom is -0.370 e. The van der Waals surface area contributed by atoms with Crippen molar-refractivity contribution in [1.82, 2.24) is 10.2 Å². The number of carbonyl (C=O) groups excluding carboxylic acids is 1. The van der Waals surface area contributed by atoms with Crippen molar-refractivity contribution in [3.05, 3.63) is 0 Å². The maximum atomic E-state index is 11.5. The molecule has 0 aromatic heterocycles. The molecule has 0 unspecified atom stereocenters. The van der Waals surface area contributed by atoms with Gasteiger partial charge in [-0.3, -0.25) is 4.79 Å². The van der Waals surface area contributed by atoms with E-state index in [0.717, 1.165) is 32.6 Å². The predicted molar refractivity (Wildman–Crippen MR) is 61.9 cm³/mol. The van der Waals surface area contributed by atoms with E-state index in [1.54, 1.807) is 4.90 Å². The van der Waals surface area contributed by atoms with Crippen LogP contribution in [0.4, 0.5) is 0 Å². The van der Waals surface area contributed by atoms with Gasteiger partial charge >= 0.3 is 0 Å². The average molecular weight is 216 g/mol. The first-order valence-corrected chi connectivity index (χ1v) is 5.82. The van der Waals surface area contributed by atoms with Gasteiger partial charge in [0, 0.05) is 19.6 Å². The Hall–Kier alpha value is -0.610. The third-order valence-electron chi connectivity index (χ3n) is 2.19. The highest BCUT2D eigenvalue weighted by Gasteiger charge is 2.08. The highest BCUT2D eigenvalue weighted by atomic mass is 16.5. The number of amides is 1. The average Bonchev–Trinajstić information content (AvgIpc) is 2.25. The van der Waals surface area contributed by atoms with Crippen LogP contribution >= 0.6 is 0 Å². The van der Waals surface area contributed by atoms with Crippen LogP contribution in [0.3, 0.4) is 0 Å². The molecule has 0 aliphatic rings. The van der Waals surface area contributed by atoms with Gasteiger partial charge < -0.3 is 15.0 Å². The molecule has 1 amide bonds. The second-order valence-corrected chi connectivity index (χ2v) is 3.37. The van der Waals surface area contributed by atoms with Gasteiger partial charge in [-0.1, -0.05) is 6.92 Å². The second-order valence-electron chi connectivity index (χ2n) is 3.37.